The maximum Gasteiger partial charge on any atom is 0.433 e. The van der Waals surface area contributed by atoms with Crippen LogP contribution in [0.5, 0.6) is 5.75 Å². The summed E-state index contributed by atoms with van der Waals surface area (Å²) in [6, 6.07) is 2.36. The van der Waals surface area contributed by atoms with Gasteiger partial charge in [0.1, 0.15) is 5.75 Å². The Morgan fingerprint density at radius 3 is 2.60 bits per heavy atom. The average Bonchev–Trinajstić information content (AvgIpc) is 2.38. The summed E-state index contributed by atoms with van der Waals surface area (Å²) < 4.78 is 43.3. The third kappa shape index (κ3) is 3.14. The third-order valence-corrected chi connectivity index (χ3v) is 2.35. The zero-order chi connectivity index (χ0) is 14.8. The SMILES string of the molecule is CCOc1cncc(-c2cc(C(F)(F)F)nc(N)n2)c1. The van der Waals surface area contributed by atoms with E-state index in [9.17, 15) is 13.2 Å². The summed E-state index contributed by atoms with van der Waals surface area (Å²) in [6.07, 6.45) is -1.75. The fourth-order valence-electron chi connectivity index (χ4n) is 1.56. The van der Waals surface area contributed by atoms with E-state index in [1.54, 1.807) is 13.0 Å². The predicted octanol–water partition coefficient (Wildman–Crippen LogP) is 2.54. The first-order valence-electron chi connectivity index (χ1n) is 5.70. The molecule has 0 saturated heterocycles. The Morgan fingerprint density at radius 2 is 1.95 bits per heavy atom. The second-order valence-corrected chi connectivity index (χ2v) is 3.84. The number of hydrogen-bond donors (Lipinski definition) is 1. The summed E-state index contributed by atoms with van der Waals surface area (Å²) in [7, 11) is 0. The molecule has 0 radical (unpaired) electrons. The van der Waals surface area contributed by atoms with Crippen molar-refractivity contribution in [3.05, 3.63) is 30.2 Å². The first-order chi connectivity index (χ1) is 9.40. The van der Waals surface area contributed by atoms with Gasteiger partial charge in [-0.15, -0.1) is 0 Å². The van der Waals surface area contributed by atoms with E-state index >= 15 is 0 Å². The van der Waals surface area contributed by atoms with E-state index in [-0.39, 0.29) is 5.69 Å². The van der Waals surface area contributed by atoms with Gasteiger partial charge in [0.25, 0.3) is 0 Å². The lowest BCUT2D eigenvalue weighted by Gasteiger charge is -2.09. The summed E-state index contributed by atoms with van der Waals surface area (Å²) in [5, 5.41) is 0. The molecule has 0 aliphatic rings. The number of ether oxygens (including phenoxy) is 1. The quantitative estimate of drug-likeness (QED) is 0.937. The van der Waals surface area contributed by atoms with Crippen LogP contribution in [0, 0.1) is 0 Å². The van der Waals surface area contributed by atoms with Crippen LogP contribution in [0.2, 0.25) is 0 Å². The summed E-state index contributed by atoms with van der Waals surface area (Å²) >= 11 is 0. The lowest BCUT2D eigenvalue weighted by molar-refractivity contribution is -0.141. The van der Waals surface area contributed by atoms with E-state index in [1.807, 2.05) is 0 Å². The van der Waals surface area contributed by atoms with Gasteiger partial charge in [-0.2, -0.15) is 13.2 Å². The van der Waals surface area contributed by atoms with E-state index in [1.165, 1.54) is 12.4 Å². The normalized spacial score (nSPS) is 11.4. The Hall–Kier alpha value is -2.38. The van der Waals surface area contributed by atoms with Crippen LogP contribution in [0.1, 0.15) is 12.6 Å². The van der Waals surface area contributed by atoms with Gasteiger partial charge in [0, 0.05) is 11.8 Å². The van der Waals surface area contributed by atoms with Crippen LogP contribution in [0.4, 0.5) is 19.1 Å². The van der Waals surface area contributed by atoms with E-state index in [4.69, 9.17) is 10.5 Å². The lowest BCUT2D eigenvalue weighted by atomic mass is 10.2. The number of rotatable bonds is 3. The molecule has 2 rings (SSSR count). The van der Waals surface area contributed by atoms with Crippen molar-refractivity contribution in [2.24, 2.45) is 0 Å². The van der Waals surface area contributed by atoms with Crippen molar-refractivity contribution in [3.8, 4) is 17.0 Å². The molecule has 0 spiro atoms. The Kier molecular flexibility index (Phi) is 3.73. The molecule has 106 valence electrons. The number of anilines is 1. The number of hydrogen-bond acceptors (Lipinski definition) is 5. The van der Waals surface area contributed by atoms with Gasteiger partial charge in [-0.1, -0.05) is 0 Å². The van der Waals surface area contributed by atoms with Crippen LogP contribution in [-0.4, -0.2) is 21.6 Å². The molecule has 0 atom stereocenters. The molecule has 2 N–H and O–H groups in total. The molecule has 20 heavy (non-hydrogen) atoms. The van der Waals surface area contributed by atoms with Crippen molar-refractivity contribution in [3.63, 3.8) is 0 Å². The number of halogens is 3. The van der Waals surface area contributed by atoms with Crippen molar-refractivity contribution in [1.82, 2.24) is 15.0 Å². The van der Waals surface area contributed by atoms with Crippen LogP contribution < -0.4 is 10.5 Å². The largest absolute Gasteiger partial charge is 0.492 e. The van der Waals surface area contributed by atoms with Crippen LogP contribution in [0.3, 0.4) is 0 Å². The number of nitrogen functional groups attached to an aromatic ring is 1. The van der Waals surface area contributed by atoms with Crippen molar-refractivity contribution < 1.29 is 17.9 Å². The first-order valence-corrected chi connectivity index (χ1v) is 5.70. The average molecular weight is 284 g/mol. The Balaban J connectivity index is 2.47. The molecule has 2 heterocycles. The Bertz CT molecular complexity index is 616. The second-order valence-electron chi connectivity index (χ2n) is 3.84. The molecular weight excluding hydrogens is 273 g/mol. The van der Waals surface area contributed by atoms with E-state index < -0.39 is 17.8 Å². The van der Waals surface area contributed by atoms with Crippen LogP contribution in [0.15, 0.2) is 24.5 Å². The number of nitrogens with two attached hydrogens (primary N) is 1. The van der Waals surface area contributed by atoms with Crippen molar-refractivity contribution in [1.29, 1.82) is 0 Å². The van der Waals surface area contributed by atoms with E-state index in [0.717, 1.165) is 6.07 Å². The minimum atomic E-state index is -4.59. The Labute approximate surface area is 112 Å². The molecule has 8 heteroatoms. The highest BCUT2D eigenvalue weighted by molar-refractivity contribution is 5.61. The predicted molar refractivity (Wildman–Crippen MR) is 65.8 cm³/mol. The molecule has 0 bridgehead atoms. The maximum absolute atomic E-state index is 12.7. The van der Waals surface area contributed by atoms with Gasteiger partial charge in [-0.25, -0.2) is 9.97 Å². The van der Waals surface area contributed by atoms with Crippen molar-refractivity contribution >= 4 is 5.95 Å². The minimum Gasteiger partial charge on any atom is -0.492 e. The van der Waals surface area contributed by atoms with Gasteiger partial charge >= 0.3 is 6.18 Å². The fourth-order valence-corrected chi connectivity index (χ4v) is 1.56. The van der Waals surface area contributed by atoms with Gasteiger partial charge in [0.05, 0.1) is 18.5 Å². The molecule has 2 aromatic heterocycles. The van der Waals surface area contributed by atoms with Crippen LogP contribution >= 0.6 is 0 Å². The molecule has 0 fully saturated rings. The fraction of sp³-hybridized carbons (Fsp3) is 0.250. The zero-order valence-corrected chi connectivity index (χ0v) is 10.5. The molecule has 5 nitrogen and oxygen atoms in total. The highest BCUT2D eigenvalue weighted by atomic mass is 19.4. The number of alkyl halides is 3. The standard InChI is InChI=1S/C12H11F3N4O/c1-2-20-8-3-7(5-17-6-8)9-4-10(12(13,14)15)19-11(16)18-9/h3-6H,2H2,1H3,(H2,16,18,19). The number of nitrogens with zero attached hydrogens (tertiary/aromatic N) is 3. The van der Waals surface area contributed by atoms with Gasteiger partial charge in [-0.05, 0) is 19.1 Å². The van der Waals surface area contributed by atoms with Crippen molar-refractivity contribution in [2.75, 3.05) is 12.3 Å². The third-order valence-electron chi connectivity index (χ3n) is 2.35. The number of aromatic nitrogens is 3. The molecule has 0 unspecified atom stereocenters. The minimum absolute atomic E-state index is 0.0406. The van der Waals surface area contributed by atoms with Gasteiger partial charge in [0.15, 0.2) is 5.69 Å². The Morgan fingerprint density at radius 1 is 1.20 bits per heavy atom. The summed E-state index contributed by atoms with van der Waals surface area (Å²) in [5.41, 5.74) is 4.63. The summed E-state index contributed by atoms with van der Waals surface area (Å²) in [6.45, 7) is 2.21. The molecule has 0 saturated carbocycles. The first kappa shape index (κ1) is 14.0. The highest BCUT2D eigenvalue weighted by Crippen LogP contribution is 2.31. The molecule has 0 aromatic carbocycles. The van der Waals surface area contributed by atoms with Gasteiger partial charge in [0.2, 0.25) is 5.95 Å². The summed E-state index contributed by atoms with van der Waals surface area (Å²) in [5.74, 6) is -0.00706. The molecular formula is C12H11F3N4O. The smallest absolute Gasteiger partial charge is 0.433 e. The van der Waals surface area contributed by atoms with Crippen LogP contribution in [-0.2, 0) is 6.18 Å². The van der Waals surface area contributed by atoms with E-state index in [0.29, 0.717) is 17.9 Å². The molecule has 0 aliphatic carbocycles. The van der Waals surface area contributed by atoms with Gasteiger partial charge in [-0.3, -0.25) is 4.98 Å². The second kappa shape index (κ2) is 5.32. The number of pyridine rings is 1. The lowest BCUT2D eigenvalue weighted by Crippen LogP contribution is -2.11. The summed E-state index contributed by atoms with van der Waals surface area (Å²) in [4.78, 5) is 10.9. The van der Waals surface area contributed by atoms with Crippen molar-refractivity contribution in [2.45, 2.75) is 13.1 Å². The molecule has 0 amide bonds. The van der Waals surface area contributed by atoms with Gasteiger partial charge < -0.3 is 10.5 Å². The molecule has 2 aromatic rings. The van der Waals surface area contributed by atoms with E-state index in [2.05, 4.69) is 15.0 Å². The van der Waals surface area contributed by atoms with Crippen LogP contribution in [0.25, 0.3) is 11.3 Å². The maximum atomic E-state index is 12.7. The highest BCUT2D eigenvalue weighted by Gasteiger charge is 2.33. The zero-order valence-electron chi connectivity index (χ0n) is 10.5. The monoisotopic (exact) mass is 284 g/mol. The topological polar surface area (TPSA) is 73.9 Å². The molecule has 0 aliphatic heterocycles.